The maximum atomic E-state index is 13.0. The molecule has 0 bridgehead atoms. The lowest BCUT2D eigenvalue weighted by Gasteiger charge is -2.19. The summed E-state index contributed by atoms with van der Waals surface area (Å²) in [4.78, 5) is 23.7. The number of carbonyl (C=O) groups excluding carboxylic acids is 2. The number of benzene rings is 2. The second-order valence-corrected chi connectivity index (χ2v) is 9.04. The first kappa shape index (κ1) is 24.4. The van der Waals surface area contributed by atoms with Gasteiger partial charge in [-0.1, -0.05) is 6.07 Å². The van der Waals surface area contributed by atoms with Gasteiger partial charge in [-0.3, -0.25) is 9.59 Å². The van der Waals surface area contributed by atoms with Gasteiger partial charge in [-0.05, 0) is 55.3 Å². The molecule has 0 unspecified atom stereocenters. The lowest BCUT2D eigenvalue weighted by Crippen LogP contribution is -2.35. The van der Waals surface area contributed by atoms with Gasteiger partial charge in [-0.15, -0.1) is 0 Å². The Bertz CT molecular complexity index is 1120. The van der Waals surface area contributed by atoms with Crippen molar-refractivity contribution in [2.75, 3.05) is 24.2 Å². The van der Waals surface area contributed by atoms with Gasteiger partial charge in [0.15, 0.2) is 0 Å². The van der Waals surface area contributed by atoms with Crippen molar-refractivity contribution in [2.45, 2.75) is 31.8 Å². The molecule has 2 N–H and O–H groups in total. The molecule has 0 aliphatic carbocycles. The number of hydrogen-bond acceptors (Lipinski definition) is 4. The molecule has 31 heavy (non-hydrogen) atoms. The number of nitrogens with zero attached hydrogens (tertiary/aromatic N) is 1. The van der Waals surface area contributed by atoms with E-state index >= 15 is 0 Å². The predicted octanol–water partition coefficient (Wildman–Crippen LogP) is 3.54. The van der Waals surface area contributed by atoms with Crippen molar-refractivity contribution in [3.63, 3.8) is 0 Å². The summed E-state index contributed by atoms with van der Waals surface area (Å²) in [6, 6.07) is 6.96. The Balaban J connectivity index is 2.26. The summed E-state index contributed by atoms with van der Waals surface area (Å²) in [5.74, 6) is -1.43. The van der Waals surface area contributed by atoms with Gasteiger partial charge in [-0.25, -0.2) is 8.42 Å². The molecule has 0 aliphatic heterocycles. The summed E-state index contributed by atoms with van der Waals surface area (Å²) in [5, 5.41) is 4.57. The fourth-order valence-electron chi connectivity index (χ4n) is 2.65. The van der Waals surface area contributed by atoms with Gasteiger partial charge in [0.25, 0.3) is 0 Å². The topological polar surface area (TPSA) is 95.6 Å². The quantitative estimate of drug-likeness (QED) is 0.694. The van der Waals surface area contributed by atoms with E-state index in [1.165, 1.54) is 19.2 Å². The van der Waals surface area contributed by atoms with E-state index in [-0.39, 0.29) is 16.3 Å². The summed E-state index contributed by atoms with van der Waals surface area (Å²) < 4.78 is 65.3. The van der Waals surface area contributed by atoms with E-state index in [4.69, 9.17) is 0 Å². The molecule has 11 heteroatoms. The zero-order valence-corrected chi connectivity index (χ0v) is 18.1. The van der Waals surface area contributed by atoms with Crippen LogP contribution in [0.2, 0.25) is 0 Å². The number of alkyl halides is 3. The molecular weight excluding hydrogens is 435 g/mol. The zero-order valence-electron chi connectivity index (χ0n) is 17.3. The van der Waals surface area contributed by atoms with E-state index in [1.807, 2.05) is 6.92 Å². The van der Waals surface area contributed by atoms with E-state index in [1.54, 1.807) is 13.0 Å². The molecule has 0 atom stereocenters. The minimum Gasteiger partial charge on any atom is -0.325 e. The highest BCUT2D eigenvalue weighted by Crippen LogP contribution is 2.34. The molecule has 2 aromatic carbocycles. The van der Waals surface area contributed by atoms with Crippen LogP contribution in [-0.2, 0) is 25.8 Å². The molecule has 0 heterocycles. The number of aryl methyl sites for hydroxylation is 2. The third kappa shape index (κ3) is 6.05. The number of likely N-dealkylation sites (N-methyl/N-ethyl adjacent to an activating group) is 1. The predicted molar refractivity (Wildman–Crippen MR) is 110 cm³/mol. The maximum Gasteiger partial charge on any atom is 0.416 e. The Morgan fingerprint density at radius 1 is 0.968 bits per heavy atom. The zero-order chi connectivity index (χ0) is 23.6. The van der Waals surface area contributed by atoms with Crippen LogP contribution in [0.4, 0.5) is 24.5 Å². The second-order valence-electron chi connectivity index (χ2n) is 6.99. The van der Waals surface area contributed by atoms with E-state index in [9.17, 15) is 31.2 Å². The van der Waals surface area contributed by atoms with Crippen LogP contribution < -0.4 is 10.6 Å². The minimum absolute atomic E-state index is 0.0103. The minimum atomic E-state index is -4.67. The van der Waals surface area contributed by atoms with Crippen LogP contribution in [0, 0.1) is 13.8 Å². The van der Waals surface area contributed by atoms with Gasteiger partial charge >= 0.3 is 6.18 Å². The van der Waals surface area contributed by atoms with Crippen LogP contribution in [0.1, 0.15) is 23.6 Å². The Hall–Kier alpha value is -2.92. The van der Waals surface area contributed by atoms with Gasteiger partial charge in [0.2, 0.25) is 21.8 Å². The number of halogens is 3. The van der Waals surface area contributed by atoms with Crippen LogP contribution in [0.3, 0.4) is 0 Å². The number of sulfonamides is 1. The van der Waals surface area contributed by atoms with E-state index in [2.05, 4.69) is 10.6 Å². The lowest BCUT2D eigenvalue weighted by atomic mass is 10.1. The van der Waals surface area contributed by atoms with Crippen LogP contribution >= 0.6 is 0 Å². The van der Waals surface area contributed by atoms with Crippen LogP contribution in [-0.4, -0.2) is 38.1 Å². The molecule has 2 amide bonds. The second kappa shape index (κ2) is 9.06. The number of nitrogens with one attached hydrogen (secondary N) is 2. The van der Waals surface area contributed by atoms with Crippen molar-refractivity contribution in [2.24, 2.45) is 0 Å². The molecule has 168 valence electrons. The normalized spacial score (nSPS) is 12.0. The smallest absolute Gasteiger partial charge is 0.325 e. The SMILES string of the molecule is CC(=O)Nc1ccc(C(F)(F)F)cc1NC(=O)CN(C)S(=O)(=O)c1ccc(C)c(C)c1. The third-order valence-electron chi connectivity index (χ3n) is 4.48. The van der Waals surface area contributed by atoms with Crippen LogP contribution in [0.15, 0.2) is 41.3 Å². The Labute approximate surface area is 178 Å². The standard InChI is InChI=1S/C20H22F3N3O4S/c1-12-5-7-16(9-13(12)2)31(29,30)26(4)11-19(28)25-18-10-15(20(21,22)23)6-8-17(18)24-14(3)27/h5-10H,11H2,1-4H3,(H,24,27)(H,25,28). The third-order valence-corrected chi connectivity index (χ3v) is 6.28. The molecule has 0 radical (unpaired) electrons. The number of amides is 2. The van der Waals surface area contributed by atoms with Crippen molar-refractivity contribution in [1.82, 2.24) is 4.31 Å². The average molecular weight is 457 g/mol. The average Bonchev–Trinajstić information content (AvgIpc) is 2.63. The maximum absolute atomic E-state index is 13.0. The fourth-order valence-corrected chi connectivity index (χ4v) is 3.87. The molecule has 0 spiro atoms. The van der Waals surface area contributed by atoms with Gasteiger partial charge < -0.3 is 10.6 Å². The van der Waals surface area contributed by atoms with Gasteiger partial charge in [0.05, 0.1) is 28.4 Å². The molecule has 0 aromatic heterocycles. The number of rotatable bonds is 6. The van der Waals surface area contributed by atoms with Crippen molar-refractivity contribution >= 4 is 33.2 Å². The first-order valence-electron chi connectivity index (χ1n) is 9.04. The molecule has 2 aromatic rings. The van der Waals surface area contributed by atoms with Crippen molar-refractivity contribution < 1.29 is 31.2 Å². The molecule has 0 saturated heterocycles. The van der Waals surface area contributed by atoms with Crippen molar-refractivity contribution in [3.05, 3.63) is 53.1 Å². The first-order chi connectivity index (χ1) is 14.2. The molecule has 2 rings (SSSR count). The highest BCUT2D eigenvalue weighted by Gasteiger charge is 2.31. The van der Waals surface area contributed by atoms with Crippen molar-refractivity contribution in [1.29, 1.82) is 0 Å². The first-order valence-corrected chi connectivity index (χ1v) is 10.5. The lowest BCUT2D eigenvalue weighted by molar-refractivity contribution is -0.137. The highest BCUT2D eigenvalue weighted by atomic mass is 32.2. The Kier molecular flexibility index (Phi) is 7.12. The largest absolute Gasteiger partial charge is 0.416 e. The van der Waals surface area contributed by atoms with Crippen LogP contribution in [0.5, 0.6) is 0 Å². The van der Waals surface area contributed by atoms with Gasteiger partial charge in [0.1, 0.15) is 0 Å². The van der Waals surface area contributed by atoms with Crippen LogP contribution in [0.25, 0.3) is 0 Å². The van der Waals surface area contributed by atoms with E-state index < -0.39 is 40.1 Å². The van der Waals surface area contributed by atoms with E-state index in [0.29, 0.717) is 6.07 Å². The summed E-state index contributed by atoms with van der Waals surface area (Å²) in [6.07, 6.45) is -4.67. The Morgan fingerprint density at radius 3 is 2.16 bits per heavy atom. The van der Waals surface area contributed by atoms with E-state index in [0.717, 1.165) is 34.5 Å². The summed E-state index contributed by atoms with van der Waals surface area (Å²) in [6.45, 7) is 4.08. The molecular formula is C20H22F3N3O4S. The summed E-state index contributed by atoms with van der Waals surface area (Å²) in [7, 11) is -2.82. The molecule has 7 nitrogen and oxygen atoms in total. The molecule has 0 saturated carbocycles. The van der Waals surface area contributed by atoms with Gasteiger partial charge in [0, 0.05) is 14.0 Å². The fraction of sp³-hybridized carbons (Fsp3) is 0.300. The summed E-state index contributed by atoms with van der Waals surface area (Å²) >= 11 is 0. The Morgan fingerprint density at radius 2 is 1.61 bits per heavy atom. The number of hydrogen-bond donors (Lipinski definition) is 2. The number of carbonyl (C=O) groups is 2. The molecule has 0 fully saturated rings. The van der Waals surface area contributed by atoms with Crippen molar-refractivity contribution in [3.8, 4) is 0 Å². The summed E-state index contributed by atoms with van der Waals surface area (Å²) in [5.41, 5.74) is 0.269. The van der Waals surface area contributed by atoms with Gasteiger partial charge in [-0.2, -0.15) is 17.5 Å². The highest BCUT2D eigenvalue weighted by molar-refractivity contribution is 7.89. The number of anilines is 2. The monoisotopic (exact) mass is 457 g/mol. The molecule has 0 aliphatic rings.